The van der Waals surface area contributed by atoms with E-state index < -0.39 is 17.5 Å². The van der Waals surface area contributed by atoms with Gasteiger partial charge < -0.3 is 15.8 Å². The number of halogens is 2. The molecule has 0 aliphatic rings. The summed E-state index contributed by atoms with van der Waals surface area (Å²) in [5.41, 5.74) is 6.08. The fraction of sp³-hybridized carbons (Fsp3) is 0.133. The van der Waals surface area contributed by atoms with E-state index in [-0.39, 0.29) is 23.5 Å². The first-order valence-corrected chi connectivity index (χ1v) is 6.18. The third-order valence-electron chi connectivity index (χ3n) is 2.93. The van der Waals surface area contributed by atoms with Crippen LogP contribution in [-0.2, 0) is 6.54 Å². The van der Waals surface area contributed by atoms with Gasteiger partial charge in [-0.2, -0.15) is 0 Å². The Morgan fingerprint density at radius 3 is 2.52 bits per heavy atom. The molecule has 2 aromatic rings. The summed E-state index contributed by atoms with van der Waals surface area (Å²) >= 11 is 0. The maximum atomic E-state index is 13.7. The van der Waals surface area contributed by atoms with E-state index in [0.717, 1.165) is 6.07 Å². The minimum atomic E-state index is -0.663. The van der Waals surface area contributed by atoms with Crippen molar-refractivity contribution in [3.63, 3.8) is 0 Å². The van der Waals surface area contributed by atoms with Crippen LogP contribution in [0, 0.1) is 11.6 Å². The molecule has 4 nitrogen and oxygen atoms in total. The number of carbonyl (C=O) groups is 1. The molecule has 0 aliphatic carbocycles. The maximum absolute atomic E-state index is 13.7. The highest BCUT2D eigenvalue weighted by molar-refractivity contribution is 6.04. The Hall–Kier alpha value is -2.47. The number of benzene rings is 2. The van der Waals surface area contributed by atoms with Gasteiger partial charge in [-0.1, -0.05) is 6.07 Å². The smallest absolute Gasteiger partial charge is 0.255 e. The second-order valence-electron chi connectivity index (χ2n) is 4.32. The van der Waals surface area contributed by atoms with Gasteiger partial charge in [-0.05, 0) is 35.9 Å². The third kappa shape index (κ3) is 3.35. The van der Waals surface area contributed by atoms with Gasteiger partial charge in [-0.25, -0.2) is 8.78 Å². The van der Waals surface area contributed by atoms with Crippen LogP contribution in [0.1, 0.15) is 15.9 Å². The van der Waals surface area contributed by atoms with Crippen LogP contribution in [0.25, 0.3) is 0 Å². The summed E-state index contributed by atoms with van der Waals surface area (Å²) in [4.78, 5) is 12.0. The minimum absolute atomic E-state index is 0.00780. The second-order valence-corrected chi connectivity index (χ2v) is 4.32. The predicted molar refractivity (Wildman–Crippen MR) is 75.2 cm³/mol. The van der Waals surface area contributed by atoms with E-state index in [2.05, 4.69) is 5.32 Å². The molecule has 0 aromatic heterocycles. The van der Waals surface area contributed by atoms with Crippen LogP contribution in [0.3, 0.4) is 0 Å². The van der Waals surface area contributed by atoms with Crippen LogP contribution in [0.15, 0.2) is 36.4 Å². The zero-order chi connectivity index (χ0) is 15.4. The molecule has 21 heavy (non-hydrogen) atoms. The van der Waals surface area contributed by atoms with Gasteiger partial charge in [-0.3, -0.25) is 4.79 Å². The lowest BCUT2D eigenvalue weighted by Gasteiger charge is -2.08. The van der Waals surface area contributed by atoms with E-state index in [1.165, 1.54) is 31.4 Å². The predicted octanol–water partition coefficient (Wildman–Crippen LogP) is 2.68. The van der Waals surface area contributed by atoms with E-state index in [4.69, 9.17) is 10.5 Å². The molecule has 0 unspecified atom stereocenters. The van der Waals surface area contributed by atoms with Crippen LogP contribution in [0.5, 0.6) is 5.75 Å². The fourth-order valence-electron chi connectivity index (χ4n) is 1.79. The zero-order valence-electron chi connectivity index (χ0n) is 11.3. The SMILES string of the molecule is COc1ccc(C(=O)Nc2ccc(CN)cc2F)cc1F. The normalized spacial score (nSPS) is 10.3. The molecule has 110 valence electrons. The molecule has 0 saturated heterocycles. The summed E-state index contributed by atoms with van der Waals surface area (Å²) in [6, 6.07) is 8.01. The molecule has 2 rings (SSSR count). The van der Waals surface area contributed by atoms with Gasteiger partial charge in [0.1, 0.15) is 5.82 Å². The van der Waals surface area contributed by atoms with Crippen LogP contribution in [0.4, 0.5) is 14.5 Å². The van der Waals surface area contributed by atoms with Crippen molar-refractivity contribution in [3.8, 4) is 5.75 Å². The van der Waals surface area contributed by atoms with Gasteiger partial charge in [0.15, 0.2) is 11.6 Å². The summed E-state index contributed by atoms with van der Waals surface area (Å²) in [5, 5.41) is 2.38. The molecule has 0 fully saturated rings. The molecule has 2 aromatic carbocycles. The van der Waals surface area contributed by atoms with Crippen LogP contribution >= 0.6 is 0 Å². The van der Waals surface area contributed by atoms with Crippen molar-refractivity contribution in [1.82, 2.24) is 0 Å². The first-order chi connectivity index (χ1) is 10.0. The Morgan fingerprint density at radius 2 is 1.95 bits per heavy atom. The Kier molecular flexibility index (Phi) is 4.49. The topological polar surface area (TPSA) is 64.3 Å². The summed E-state index contributed by atoms with van der Waals surface area (Å²) in [7, 11) is 1.33. The summed E-state index contributed by atoms with van der Waals surface area (Å²) in [5.74, 6) is -1.84. The average molecular weight is 292 g/mol. The first kappa shape index (κ1) is 14.9. The minimum Gasteiger partial charge on any atom is -0.494 e. The van der Waals surface area contributed by atoms with Gasteiger partial charge in [0, 0.05) is 12.1 Å². The fourth-order valence-corrected chi connectivity index (χ4v) is 1.79. The molecular formula is C15H14F2N2O2. The van der Waals surface area contributed by atoms with E-state index >= 15 is 0 Å². The molecule has 0 heterocycles. The Balaban J connectivity index is 2.20. The van der Waals surface area contributed by atoms with Crippen molar-refractivity contribution >= 4 is 11.6 Å². The number of hydrogen-bond acceptors (Lipinski definition) is 3. The standard InChI is InChI=1S/C15H14F2N2O2/c1-21-14-5-3-10(7-12(14)17)15(20)19-13-4-2-9(8-18)6-11(13)16/h2-7H,8,18H2,1H3,(H,19,20). The number of anilines is 1. The highest BCUT2D eigenvalue weighted by Crippen LogP contribution is 2.20. The van der Waals surface area contributed by atoms with Gasteiger partial charge in [-0.15, -0.1) is 0 Å². The molecule has 6 heteroatoms. The maximum Gasteiger partial charge on any atom is 0.255 e. The number of nitrogens with two attached hydrogens (primary N) is 1. The third-order valence-corrected chi connectivity index (χ3v) is 2.93. The van der Waals surface area contributed by atoms with Crippen molar-refractivity contribution in [1.29, 1.82) is 0 Å². The number of methoxy groups -OCH3 is 1. The van der Waals surface area contributed by atoms with Crippen LogP contribution < -0.4 is 15.8 Å². The highest BCUT2D eigenvalue weighted by atomic mass is 19.1. The van der Waals surface area contributed by atoms with Crippen LogP contribution in [-0.4, -0.2) is 13.0 Å². The molecule has 0 bridgehead atoms. The number of rotatable bonds is 4. The number of amides is 1. The number of hydrogen-bond donors (Lipinski definition) is 2. The van der Waals surface area contributed by atoms with E-state index in [1.807, 2.05) is 0 Å². The van der Waals surface area contributed by atoms with Crippen molar-refractivity contribution < 1.29 is 18.3 Å². The molecule has 0 spiro atoms. The number of carbonyl (C=O) groups excluding carboxylic acids is 1. The average Bonchev–Trinajstić information content (AvgIpc) is 2.49. The van der Waals surface area contributed by atoms with E-state index in [9.17, 15) is 13.6 Å². The second kappa shape index (κ2) is 6.32. The largest absolute Gasteiger partial charge is 0.494 e. The summed E-state index contributed by atoms with van der Waals surface area (Å²) in [6.07, 6.45) is 0. The van der Waals surface area contributed by atoms with Crippen molar-refractivity contribution in [2.75, 3.05) is 12.4 Å². The first-order valence-electron chi connectivity index (χ1n) is 6.18. The lowest BCUT2D eigenvalue weighted by Crippen LogP contribution is -2.13. The quantitative estimate of drug-likeness (QED) is 0.910. The summed E-state index contributed by atoms with van der Waals surface area (Å²) in [6.45, 7) is 0.203. The molecule has 3 N–H and O–H groups in total. The van der Waals surface area contributed by atoms with Gasteiger partial charge in [0.05, 0.1) is 12.8 Å². The lowest BCUT2D eigenvalue weighted by atomic mass is 10.1. The van der Waals surface area contributed by atoms with Crippen molar-refractivity contribution in [2.24, 2.45) is 5.73 Å². The van der Waals surface area contributed by atoms with Gasteiger partial charge in [0.25, 0.3) is 5.91 Å². The Bertz CT molecular complexity index is 675. The summed E-state index contributed by atoms with van der Waals surface area (Å²) < 4.78 is 32.0. The van der Waals surface area contributed by atoms with Gasteiger partial charge >= 0.3 is 0 Å². The Morgan fingerprint density at radius 1 is 1.19 bits per heavy atom. The van der Waals surface area contributed by atoms with Crippen LogP contribution in [0.2, 0.25) is 0 Å². The lowest BCUT2D eigenvalue weighted by molar-refractivity contribution is 0.102. The highest BCUT2D eigenvalue weighted by Gasteiger charge is 2.12. The van der Waals surface area contributed by atoms with Crippen molar-refractivity contribution in [2.45, 2.75) is 6.54 Å². The zero-order valence-corrected chi connectivity index (χ0v) is 11.3. The Labute approximate surface area is 120 Å². The molecule has 1 amide bonds. The van der Waals surface area contributed by atoms with E-state index in [0.29, 0.717) is 5.56 Å². The van der Waals surface area contributed by atoms with Gasteiger partial charge in [0.2, 0.25) is 0 Å². The monoisotopic (exact) mass is 292 g/mol. The van der Waals surface area contributed by atoms with Crippen molar-refractivity contribution in [3.05, 3.63) is 59.2 Å². The molecule has 0 radical (unpaired) electrons. The molecule has 0 saturated carbocycles. The molecular weight excluding hydrogens is 278 g/mol. The molecule has 0 aliphatic heterocycles. The number of nitrogens with one attached hydrogen (secondary N) is 1. The number of ether oxygens (including phenoxy) is 1. The van der Waals surface area contributed by atoms with E-state index in [1.54, 1.807) is 6.07 Å². The molecule has 0 atom stereocenters.